The van der Waals surface area contributed by atoms with Crippen LogP contribution in [0.5, 0.6) is 0 Å². The van der Waals surface area contributed by atoms with Crippen LogP contribution in [0.1, 0.15) is 12.5 Å². The van der Waals surface area contributed by atoms with Gasteiger partial charge in [0.1, 0.15) is 0 Å². The highest BCUT2D eigenvalue weighted by atomic mass is 16.4. The first kappa shape index (κ1) is 13.8. The Balaban J connectivity index is 1.82. The summed E-state index contributed by atoms with van der Waals surface area (Å²) in [6.45, 7) is 6.72. The van der Waals surface area contributed by atoms with Crippen LogP contribution in [0.25, 0.3) is 0 Å². The summed E-state index contributed by atoms with van der Waals surface area (Å²) in [6.07, 6.45) is 3.96. The fraction of sp³-hybridized carbons (Fsp3) is 0.667. The fourth-order valence-electron chi connectivity index (χ4n) is 2.39. The zero-order valence-electron chi connectivity index (χ0n) is 11.5. The Morgan fingerprint density at radius 2 is 2.16 bits per heavy atom. The number of aryl methyl sites for hydroxylation is 1. The molecule has 0 amide bonds. The molecule has 7 nitrogen and oxygen atoms in total. The van der Waals surface area contributed by atoms with Crippen LogP contribution in [0.4, 0.5) is 0 Å². The number of rotatable bonds is 4. The Morgan fingerprint density at radius 3 is 2.68 bits per heavy atom. The molecule has 1 aromatic heterocycles. The van der Waals surface area contributed by atoms with E-state index in [1.54, 1.807) is 0 Å². The Bertz CT molecular complexity index is 435. The second kappa shape index (κ2) is 6.03. The third-order valence-corrected chi connectivity index (χ3v) is 3.66. The van der Waals surface area contributed by atoms with Crippen LogP contribution in [0.2, 0.25) is 0 Å². The predicted octanol–water partition coefficient (Wildman–Crippen LogP) is -0.327. The standard InChI is InChI=1S/C12H22N6O/c1-10(12(13)15-19)18-5-3-17(4-6-18)9-11-7-14-16(2)8-11/h7-8,10,19H,3-6,9H2,1-2H3,(H2,13,15). The van der Waals surface area contributed by atoms with Crippen molar-refractivity contribution in [3.05, 3.63) is 18.0 Å². The lowest BCUT2D eigenvalue weighted by Gasteiger charge is -2.37. The number of nitrogens with two attached hydrogens (primary N) is 1. The number of piperazine rings is 1. The van der Waals surface area contributed by atoms with Gasteiger partial charge >= 0.3 is 0 Å². The lowest BCUT2D eigenvalue weighted by atomic mass is 10.2. The van der Waals surface area contributed by atoms with E-state index < -0.39 is 0 Å². The summed E-state index contributed by atoms with van der Waals surface area (Å²) in [5, 5.41) is 16.0. The third kappa shape index (κ3) is 3.45. The Morgan fingerprint density at radius 1 is 1.47 bits per heavy atom. The van der Waals surface area contributed by atoms with Gasteiger partial charge in [-0.2, -0.15) is 5.10 Å². The summed E-state index contributed by atoms with van der Waals surface area (Å²) in [7, 11) is 1.93. The first-order chi connectivity index (χ1) is 9.10. The van der Waals surface area contributed by atoms with Gasteiger partial charge in [0.2, 0.25) is 0 Å². The molecule has 1 atom stereocenters. The van der Waals surface area contributed by atoms with Crippen molar-refractivity contribution < 1.29 is 5.21 Å². The van der Waals surface area contributed by atoms with Gasteiger partial charge in [0.15, 0.2) is 5.84 Å². The van der Waals surface area contributed by atoms with Crippen LogP contribution in [0, 0.1) is 0 Å². The number of nitrogens with zero attached hydrogens (tertiary/aromatic N) is 5. The molecule has 0 aliphatic carbocycles. The Kier molecular flexibility index (Phi) is 4.39. The lowest BCUT2D eigenvalue weighted by molar-refractivity contribution is 0.116. The summed E-state index contributed by atoms with van der Waals surface area (Å²) in [4.78, 5) is 4.63. The van der Waals surface area contributed by atoms with E-state index in [9.17, 15) is 0 Å². The van der Waals surface area contributed by atoms with E-state index in [1.807, 2.05) is 31.0 Å². The molecule has 106 valence electrons. The number of amidine groups is 1. The van der Waals surface area contributed by atoms with Gasteiger partial charge in [-0.25, -0.2) is 0 Å². The first-order valence-electron chi connectivity index (χ1n) is 6.51. The van der Waals surface area contributed by atoms with Gasteiger partial charge in [0, 0.05) is 51.5 Å². The molecule has 3 N–H and O–H groups in total. The molecular formula is C12H22N6O. The summed E-state index contributed by atoms with van der Waals surface area (Å²) in [6, 6.07) is -0.00876. The molecule has 0 aromatic carbocycles. The van der Waals surface area contributed by atoms with Crippen molar-refractivity contribution in [3.63, 3.8) is 0 Å². The van der Waals surface area contributed by atoms with Crippen LogP contribution in [-0.2, 0) is 13.6 Å². The quantitative estimate of drug-likeness (QED) is 0.337. The van der Waals surface area contributed by atoms with Crippen LogP contribution < -0.4 is 5.73 Å². The highest BCUT2D eigenvalue weighted by Gasteiger charge is 2.23. The number of aromatic nitrogens is 2. The van der Waals surface area contributed by atoms with Crippen LogP contribution in [0.15, 0.2) is 17.5 Å². The fourth-order valence-corrected chi connectivity index (χ4v) is 2.39. The number of hydrogen-bond donors (Lipinski definition) is 2. The van der Waals surface area contributed by atoms with E-state index in [4.69, 9.17) is 10.9 Å². The van der Waals surface area contributed by atoms with Crippen molar-refractivity contribution in [1.82, 2.24) is 19.6 Å². The van der Waals surface area contributed by atoms with Gasteiger partial charge < -0.3 is 10.9 Å². The zero-order valence-corrected chi connectivity index (χ0v) is 11.5. The van der Waals surface area contributed by atoms with Crippen LogP contribution >= 0.6 is 0 Å². The minimum absolute atomic E-state index is 0.00876. The molecule has 0 radical (unpaired) electrons. The maximum atomic E-state index is 8.70. The molecule has 0 bridgehead atoms. The molecule has 1 fully saturated rings. The van der Waals surface area contributed by atoms with Crippen molar-refractivity contribution >= 4 is 5.84 Å². The van der Waals surface area contributed by atoms with E-state index in [1.165, 1.54) is 5.56 Å². The molecule has 1 aliphatic rings. The number of hydrogen-bond acceptors (Lipinski definition) is 5. The molecule has 1 aliphatic heterocycles. The van der Waals surface area contributed by atoms with Crippen LogP contribution in [-0.4, -0.2) is 62.8 Å². The summed E-state index contributed by atoms with van der Waals surface area (Å²) in [5.74, 6) is 0.278. The average molecular weight is 266 g/mol. The molecule has 0 spiro atoms. The third-order valence-electron chi connectivity index (χ3n) is 3.66. The van der Waals surface area contributed by atoms with Gasteiger partial charge in [0.25, 0.3) is 0 Å². The predicted molar refractivity (Wildman–Crippen MR) is 72.9 cm³/mol. The zero-order chi connectivity index (χ0) is 13.8. The van der Waals surface area contributed by atoms with E-state index in [-0.39, 0.29) is 11.9 Å². The highest BCUT2D eigenvalue weighted by molar-refractivity contribution is 5.84. The maximum absolute atomic E-state index is 8.70. The van der Waals surface area contributed by atoms with E-state index >= 15 is 0 Å². The van der Waals surface area contributed by atoms with Crippen molar-refractivity contribution in [3.8, 4) is 0 Å². The minimum Gasteiger partial charge on any atom is -0.409 e. The van der Waals surface area contributed by atoms with E-state index in [0.29, 0.717) is 0 Å². The van der Waals surface area contributed by atoms with Gasteiger partial charge in [-0.3, -0.25) is 14.5 Å². The maximum Gasteiger partial charge on any atom is 0.156 e. The van der Waals surface area contributed by atoms with Crippen molar-refractivity contribution in [2.24, 2.45) is 17.9 Å². The molecule has 1 unspecified atom stereocenters. The Hall–Kier alpha value is -1.60. The summed E-state index contributed by atoms with van der Waals surface area (Å²) in [5.41, 5.74) is 6.88. The van der Waals surface area contributed by atoms with E-state index in [2.05, 4.69) is 20.1 Å². The summed E-state index contributed by atoms with van der Waals surface area (Å²) < 4.78 is 1.83. The number of oxime groups is 1. The molecule has 2 rings (SSSR count). The van der Waals surface area contributed by atoms with Gasteiger partial charge in [-0.15, -0.1) is 0 Å². The minimum atomic E-state index is -0.00876. The molecule has 19 heavy (non-hydrogen) atoms. The van der Waals surface area contributed by atoms with Gasteiger partial charge in [-0.05, 0) is 6.92 Å². The Labute approximate surface area is 113 Å². The molecule has 1 saturated heterocycles. The smallest absolute Gasteiger partial charge is 0.156 e. The average Bonchev–Trinajstić information content (AvgIpc) is 2.83. The highest BCUT2D eigenvalue weighted by Crippen LogP contribution is 2.10. The SMILES string of the molecule is CC(C(N)=NO)N1CCN(Cc2cnn(C)c2)CC1. The molecule has 0 saturated carbocycles. The van der Waals surface area contributed by atoms with Gasteiger partial charge in [-0.1, -0.05) is 5.16 Å². The summed E-state index contributed by atoms with van der Waals surface area (Å²) >= 11 is 0. The monoisotopic (exact) mass is 266 g/mol. The lowest BCUT2D eigenvalue weighted by Crippen LogP contribution is -2.52. The molecule has 1 aromatic rings. The topological polar surface area (TPSA) is 82.9 Å². The van der Waals surface area contributed by atoms with Crippen molar-refractivity contribution in [1.29, 1.82) is 0 Å². The first-order valence-corrected chi connectivity index (χ1v) is 6.51. The largest absolute Gasteiger partial charge is 0.409 e. The van der Waals surface area contributed by atoms with Crippen molar-refractivity contribution in [2.75, 3.05) is 26.2 Å². The van der Waals surface area contributed by atoms with Gasteiger partial charge in [0.05, 0.1) is 12.2 Å². The normalized spacial score (nSPS) is 20.6. The second-order valence-electron chi connectivity index (χ2n) is 5.04. The van der Waals surface area contributed by atoms with Crippen molar-refractivity contribution in [2.45, 2.75) is 19.5 Å². The molecular weight excluding hydrogens is 244 g/mol. The molecule has 7 heteroatoms. The van der Waals surface area contributed by atoms with Crippen LogP contribution in [0.3, 0.4) is 0 Å². The molecule has 2 heterocycles. The van der Waals surface area contributed by atoms with E-state index in [0.717, 1.165) is 32.7 Å². The second-order valence-corrected chi connectivity index (χ2v) is 5.04.